The van der Waals surface area contributed by atoms with Gasteiger partial charge in [-0.3, -0.25) is 14.5 Å². The summed E-state index contributed by atoms with van der Waals surface area (Å²) in [6.45, 7) is 5.80. The van der Waals surface area contributed by atoms with E-state index in [4.69, 9.17) is 9.47 Å². The third-order valence-corrected chi connectivity index (χ3v) is 6.61. The average molecular weight is 498 g/mol. The van der Waals surface area contributed by atoms with E-state index >= 15 is 0 Å². The number of aliphatic hydroxyl groups excluding tert-OH is 1. The number of ether oxygens (including phenoxy) is 2. The highest BCUT2D eigenvalue weighted by Gasteiger charge is 2.47. The molecule has 1 amide bonds. The van der Waals surface area contributed by atoms with Crippen molar-refractivity contribution in [3.63, 3.8) is 0 Å². The highest BCUT2D eigenvalue weighted by atomic mass is 16.5. The number of aliphatic hydroxyl groups is 1. The predicted molar refractivity (Wildman–Crippen MR) is 139 cm³/mol. The molecule has 1 saturated heterocycles. The molecule has 0 aliphatic carbocycles. The normalized spacial score (nSPS) is 20.0. The van der Waals surface area contributed by atoms with E-state index in [0.717, 1.165) is 16.9 Å². The van der Waals surface area contributed by atoms with Crippen LogP contribution in [0, 0.1) is 6.92 Å². The van der Waals surface area contributed by atoms with Crippen LogP contribution in [0.25, 0.3) is 5.76 Å². The minimum Gasteiger partial charge on any atom is -0.507 e. The summed E-state index contributed by atoms with van der Waals surface area (Å²) < 4.78 is 10.9. The van der Waals surface area contributed by atoms with Crippen LogP contribution in [0.4, 0.5) is 5.69 Å². The van der Waals surface area contributed by atoms with Crippen molar-refractivity contribution < 1.29 is 29.0 Å². The van der Waals surface area contributed by atoms with E-state index in [-0.39, 0.29) is 29.6 Å². The molecule has 2 aliphatic rings. The van der Waals surface area contributed by atoms with Crippen LogP contribution in [0.15, 0.2) is 72.3 Å². The van der Waals surface area contributed by atoms with Gasteiger partial charge in [0.2, 0.25) is 0 Å². The highest BCUT2D eigenvalue weighted by molar-refractivity contribution is 6.51. The molecule has 0 saturated carbocycles. The topological polar surface area (TPSA) is 93.1 Å². The monoisotopic (exact) mass is 497 g/mol. The van der Waals surface area contributed by atoms with Gasteiger partial charge in [-0.15, -0.1) is 0 Å². The van der Waals surface area contributed by atoms with Crippen molar-refractivity contribution in [2.45, 2.75) is 39.3 Å². The smallest absolute Gasteiger partial charge is 0.338 e. The van der Waals surface area contributed by atoms with Gasteiger partial charge < -0.3 is 14.6 Å². The van der Waals surface area contributed by atoms with E-state index in [1.54, 1.807) is 43.3 Å². The lowest BCUT2D eigenvalue weighted by molar-refractivity contribution is -0.132. The summed E-state index contributed by atoms with van der Waals surface area (Å²) in [6.07, 6.45) is 0.712. The standard InChI is InChI=1S/C30H27NO6/c1-4-36-30(35)21-9-6-10-23(16-21)31-26(19-8-5-7-17(2)13-19)25(28(33)29(31)34)27(32)20-11-12-24-22(15-20)14-18(3)37-24/h5-13,15-16,18,26,32H,4,14H2,1-3H3/b27-25-. The van der Waals surface area contributed by atoms with Crippen molar-refractivity contribution in [3.05, 3.63) is 100 Å². The molecule has 3 aromatic carbocycles. The SMILES string of the molecule is CCOC(=O)c1cccc(N2C(=O)C(=O)/C(=C(\O)c3ccc4c(c3)CC(C)O4)C2c2cccc(C)c2)c1. The highest BCUT2D eigenvalue weighted by Crippen LogP contribution is 2.43. The molecule has 37 heavy (non-hydrogen) atoms. The molecular formula is C30H27NO6. The van der Waals surface area contributed by atoms with Crippen molar-refractivity contribution in [2.24, 2.45) is 0 Å². The maximum Gasteiger partial charge on any atom is 0.338 e. The number of aryl methyl sites for hydroxylation is 1. The number of Topliss-reactive ketones (excluding diaryl/α,β-unsaturated/α-hetero) is 1. The van der Waals surface area contributed by atoms with Gasteiger partial charge in [-0.1, -0.05) is 35.9 Å². The van der Waals surface area contributed by atoms with Crippen LogP contribution in [-0.2, 0) is 20.7 Å². The van der Waals surface area contributed by atoms with Crippen molar-refractivity contribution >= 4 is 29.1 Å². The number of esters is 1. The summed E-state index contributed by atoms with van der Waals surface area (Å²) in [5, 5.41) is 11.4. The fourth-order valence-corrected chi connectivity index (χ4v) is 4.98. The number of rotatable bonds is 5. The number of benzene rings is 3. The van der Waals surface area contributed by atoms with Crippen LogP contribution in [0.2, 0.25) is 0 Å². The molecule has 7 nitrogen and oxygen atoms in total. The first-order valence-corrected chi connectivity index (χ1v) is 12.2. The molecule has 0 radical (unpaired) electrons. The first-order chi connectivity index (χ1) is 17.8. The largest absolute Gasteiger partial charge is 0.507 e. The molecule has 1 fully saturated rings. The minimum absolute atomic E-state index is 0.0101. The maximum absolute atomic E-state index is 13.5. The zero-order valence-corrected chi connectivity index (χ0v) is 20.9. The average Bonchev–Trinajstić information content (AvgIpc) is 3.39. The molecule has 2 heterocycles. The predicted octanol–water partition coefficient (Wildman–Crippen LogP) is 5.12. The fraction of sp³-hybridized carbons (Fsp3) is 0.233. The first kappa shape index (κ1) is 24.3. The third kappa shape index (κ3) is 4.37. The summed E-state index contributed by atoms with van der Waals surface area (Å²) in [7, 11) is 0. The molecule has 7 heteroatoms. The van der Waals surface area contributed by atoms with E-state index in [1.165, 1.54) is 11.0 Å². The van der Waals surface area contributed by atoms with Gasteiger partial charge in [0.05, 0.1) is 23.8 Å². The summed E-state index contributed by atoms with van der Waals surface area (Å²) in [5.74, 6) is -1.61. The van der Waals surface area contributed by atoms with E-state index < -0.39 is 23.7 Å². The number of ketones is 1. The summed E-state index contributed by atoms with van der Waals surface area (Å²) in [4.78, 5) is 40.6. The van der Waals surface area contributed by atoms with Gasteiger partial charge >= 0.3 is 5.97 Å². The Kier molecular flexibility index (Phi) is 6.29. The van der Waals surface area contributed by atoms with Crippen LogP contribution in [0.1, 0.15) is 52.5 Å². The van der Waals surface area contributed by atoms with Crippen molar-refractivity contribution in [2.75, 3.05) is 11.5 Å². The Bertz CT molecular complexity index is 1460. The quantitative estimate of drug-likeness (QED) is 0.228. The van der Waals surface area contributed by atoms with Crippen LogP contribution >= 0.6 is 0 Å². The van der Waals surface area contributed by atoms with Gasteiger partial charge in [-0.25, -0.2) is 4.79 Å². The van der Waals surface area contributed by atoms with Crippen LogP contribution in [0.3, 0.4) is 0 Å². The van der Waals surface area contributed by atoms with E-state index in [0.29, 0.717) is 23.2 Å². The molecule has 2 unspecified atom stereocenters. The van der Waals surface area contributed by atoms with Gasteiger partial charge in [0.25, 0.3) is 11.7 Å². The Labute approximate surface area is 214 Å². The number of anilines is 1. The number of carbonyl (C=O) groups is 3. The van der Waals surface area contributed by atoms with E-state index in [1.807, 2.05) is 38.1 Å². The molecular weight excluding hydrogens is 470 g/mol. The van der Waals surface area contributed by atoms with Gasteiger partial charge in [0.15, 0.2) is 0 Å². The van der Waals surface area contributed by atoms with Crippen LogP contribution < -0.4 is 9.64 Å². The fourth-order valence-electron chi connectivity index (χ4n) is 4.98. The molecule has 0 bridgehead atoms. The molecule has 188 valence electrons. The summed E-state index contributed by atoms with van der Waals surface area (Å²) in [6, 6.07) is 18.2. The van der Waals surface area contributed by atoms with Gasteiger partial charge in [-0.05, 0) is 68.3 Å². The number of fused-ring (bicyclic) bond motifs is 1. The summed E-state index contributed by atoms with van der Waals surface area (Å²) in [5.41, 5.74) is 3.58. The summed E-state index contributed by atoms with van der Waals surface area (Å²) >= 11 is 0. The van der Waals surface area contributed by atoms with E-state index in [9.17, 15) is 19.5 Å². The van der Waals surface area contributed by atoms with Crippen LogP contribution in [-0.4, -0.2) is 35.5 Å². The number of nitrogens with zero attached hydrogens (tertiary/aromatic N) is 1. The van der Waals surface area contributed by atoms with Gasteiger partial charge in [0, 0.05) is 17.7 Å². The zero-order chi connectivity index (χ0) is 26.3. The van der Waals surface area contributed by atoms with Crippen molar-refractivity contribution in [3.8, 4) is 5.75 Å². The van der Waals surface area contributed by atoms with Crippen LogP contribution in [0.5, 0.6) is 5.75 Å². The Hall–Kier alpha value is -4.39. The molecule has 1 N–H and O–H groups in total. The third-order valence-electron chi connectivity index (χ3n) is 6.61. The zero-order valence-electron chi connectivity index (χ0n) is 20.9. The number of hydrogen-bond donors (Lipinski definition) is 1. The molecule has 0 aromatic heterocycles. The number of amides is 1. The second-order valence-electron chi connectivity index (χ2n) is 9.31. The minimum atomic E-state index is -0.888. The Morgan fingerprint density at radius 2 is 1.84 bits per heavy atom. The lowest BCUT2D eigenvalue weighted by Gasteiger charge is -2.26. The molecule has 2 atom stereocenters. The maximum atomic E-state index is 13.5. The second kappa shape index (κ2) is 9.58. The molecule has 0 spiro atoms. The molecule has 3 aromatic rings. The molecule has 5 rings (SSSR count). The van der Waals surface area contributed by atoms with Crippen molar-refractivity contribution in [1.82, 2.24) is 0 Å². The van der Waals surface area contributed by atoms with E-state index in [2.05, 4.69) is 0 Å². The lowest BCUT2D eigenvalue weighted by Crippen LogP contribution is -2.29. The van der Waals surface area contributed by atoms with Gasteiger partial charge in [0.1, 0.15) is 17.6 Å². The number of carbonyl (C=O) groups excluding carboxylic acids is 3. The first-order valence-electron chi connectivity index (χ1n) is 12.2. The van der Waals surface area contributed by atoms with Gasteiger partial charge in [-0.2, -0.15) is 0 Å². The lowest BCUT2D eigenvalue weighted by atomic mass is 9.93. The Morgan fingerprint density at radius 1 is 1.05 bits per heavy atom. The Morgan fingerprint density at radius 3 is 2.59 bits per heavy atom. The number of hydrogen-bond acceptors (Lipinski definition) is 6. The molecule has 2 aliphatic heterocycles. The Balaban J connectivity index is 1.67. The second-order valence-corrected chi connectivity index (χ2v) is 9.31. The van der Waals surface area contributed by atoms with Crippen molar-refractivity contribution in [1.29, 1.82) is 0 Å².